The maximum Gasteiger partial charge on any atom is 0.238 e. The number of rotatable bonds is 6. The van der Waals surface area contributed by atoms with Gasteiger partial charge in [-0.3, -0.25) is 4.79 Å². The Kier molecular flexibility index (Phi) is 5.18. The van der Waals surface area contributed by atoms with E-state index in [9.17, 15) is 4.79 Å². The predicted molar refractivity (Wildman–Crippen MR) is 85.5 cm³/mol. The van der Waals surface area contributed by atoms with E-state index in [0.717, 1.165) is 6.42 Å². The van der Waals surface area contributed by atoms with Crippen LogP contribution in [0.3, 0.4) is 0 Å². The second-order valence-electron chi connectivity index (χ2n) is 4.57. The Morgan fingerprint density at radius 2 is 2.29 bits per heavy atom. The van der Waals surface area contributed by atoms with Crippen molar-refractivity contribution in [1.82, 2.24) is 20.0 Å². The summed E-state index contributed by atoms with van der Waals surface area (Å²) < 4.78 is 2.50. The number of nitrogens with zero attached hydrogens (tertiary/aromatic N) is 4. The monoisotopic (exact) mass is 326 g/mol. The third kappa shape index (κ3) is 3.94. The van der Waals surface area contributed by atoms with Crippen LogP contribution in [0.4, 0.5) is 10.9 Å². The zero-order valence-corrected chi connectivity index (χ0v) is 13.7. The highest BCUT2D eigenvalue weighted by Gasteiger charge is 2.19. The largest absolute Gasteiger partial charge is 0.374 e. The van der Waals surface area contributed by atoms with Crippen molar-refractivity contribution in [2.45, 2.75) is 42.8 Å². The number of aromatic nitrogens is 4. The molecule has 2 atom stereocenters. The van der Waals surface area contributed by atoms with Crippen LogP contribution in [0.15, 0.2) is 16.6 Å². The van der Waals surface area contributed by atoms with Gasteiger partial charge in [-0.25, -0.2) is 4.68 Å². The van der Waals surface area contributed by atoms with Crippen LogP contribution in [0.5, 0.6) is 0 Å². The Morgan fingerprint density at radius 3 is 2.90 bits per heavy atom. The molecule has 0 fully saturated rings. The van der Waals surface area contributed by atoms with Gasteiger partial charge in [-0.1, -0.05) is 30.0 Å². The molecule has 7 nitrogen and oxygen atoms in total. The molecule has 1 amide bonds. The molecule has 0 aliphatic rings. The fourth-order valence-electron chi connectivity index (χ4n) is 1.64. The second-order valence-corrected chi connectivity index (χ2v) is 7.17. The molecule has 3 N–H and O–H groups in total. The molecule has 114 valence electrons. The van der Waals surface area contributed by atoms with Gasteiger partial charge in [-0.05, 0) is 20.3 Å². The molecular weight excluding hydrogens is 308 g/mol. The smallest absolute Gasteiger partial charge is 0.238 e. The van der Waals surface area contributed by atoms with Gasteiger partial charge in [0.05, 0.1) is 17.5 Å². The zero-order chi connectivity index (χ0) is 15.4. The first-order valence-electron chi connectivity index (χ1n) is 6.61. The van der Waals surface area contributed by atoms with Crippen molar-refractivity contribution < 1.29 is 4.79 Å². The minimum atomic E-state index is -0.294. The van der Waals surface area contributed by atoms with Gasteiger partial charge in [0.25, 0.3) is 0 Å². The Hall–Kier alpha value is -1.61. The molecule has 0 saturated carbocycles. The summed E-state index contributed by atoms with van der Waals surface area (Å²) in [6.45, 7) is 5.96. The van der Waals surface area contributed by atoms with Gasteiger partial charge in [0.15, 0.2) is 4.34 Å². The molecule has 2 rings (SSSR count). The Morgan fingerprint density at radius 1 is 1.52 bits per heavy atom. The summed E-state index contributed by atoms with van der Waals surface area (Å²) in [7, 11) is 0. The standard InChI is InChI=1S/C12H18N6OS2/c1-4-7(2)18-9(5-6-14-18)15-10(19)8(3)20-12-17-16-11(13)21-12/h5-8H,4H2,1-3H3,(H2,13,16)(H,15,19)/t7-,8+/m0/s1. The van der Waals surface area contributed by atoms with E-state index in [1.54, 1.807) is 12.3 Å². The molecule has 2 aromatic heterocycles. The lowest BCUT2D eigenvalue weighted by atomic mass is 10.3. The molecule has 0 radical (unpaired) electrons. The third-order valence-corrected chi connectivity index (χ3v) is 4.94. The molecule has 2 aromatic rings. The van der Waals surface area contributed by atoms with Crippen molar-refractivity contribution in [1.29, 1.82) is 0 Å². The summed E-state index contributed by atoms with van der Waals surface area (Å²) in [6.07, 6.45) is 2.63. The lowest BCUT2D eigenvalue weighted by molar-refractivity contribution is -0.115. The average molecular weight is 326 g/mol. The van der Waals surface area contributed by atoms with Crippen molar-refractivity contribution in [2.75, 3.05) is 11.1 Å². The molecule has 0 aromatic carbocycles. The van der Waals surface area contributed by atoms with Gasteiger partial charge in [-0.2, -0.15) is 5.10 Å². The summed E-state index contributed by atoms with van der Waals surface area (Å²) in [6, 6.07) is 2.03. The highest BCUT2D eigenvalue weighted by atomic mass is 32.2. The zero-order valence-electron chi connectivity index (χ0n) is 12.1. The molecule has 2 heterocycles. The fraction of sp³-hybridized carbons (Fsp3) is 0.500. The molecule has 0 spiro atoms. The van der Waals surface area contributed by atoms with Crippen LogP contribution in [0.1, 0.15) is 33.2 Å². The van der Waals surface area contributed by atoms with Crippen LogP contribution in [-0.2, 0) is 4.79 Å². The van der Waals surface area contributed by atoms with Crippen molar-refractivity contribution >= 4 is 40.0 Å². The van der Waals surface area contributed by atoms with E-state index in [0.29, 0.717) is 15.3 Å². The number of hydrogen-bond acceptors (Lipinski definition) is 7. The summed E-state index contributed by atoms with van der Waals surface area (Å²) in [5, 5.41) is 14.9. The number of nitrogens with two attached hydrogens (primary N) is 1. The molecule has 0 bridgehead atoms. The number of amides is 1. The van der Waals surface area contributed by atoms with Gasteiger partial charge in [0, 0.05) is 6.07 Å². The molecule has 9 heteroatoms. The highest BCUT2D eigenvalue weighted by Crippen LogP contribution is 2.28. The van der Waals surface area contributed by atoms with Crippen molar-refractivity contribution in [2.24, 2.45) is 0 Å². The maximum atomic E-state index is 12.2. The first kappa shape index (κ1) is 15.8. The van der Waals surface area contributed by atoms with E-state index >= 15 is 0 Å². The van der Waals surface area contributed by atoms with Gasteiger partial charge >= 0.3 is 0 Å². The van der Waals surface area contributed by atoms with Crippen LogP contribution >= 0.6 is 23.1 Å². The minimum absolute atomic E-state index is 0.0983. The van der Waals surface area contributed by atoms with Crippen LogP contribution in [0.25, 0.3) is 0 Å². The van der Waals surface area contributed by atoms with Gasteiger partial charge in [0.2, 0.25) is 11.0 Å². The number of anilines is 2. The van der Waals surface area contributed by atoms with Crippen molar-refractivity contribution in [3.63, 3.8) is 0 Å². The Balaban J connectivity index is 1.99. The first-order valence-corrected chi connectivity index (χ1v) is 8.30. The number of nitrogen functional groups attached to an aromatic ring is 1. The quantitative estimate of drug-likeness (QED) is 0.791. The normalized spacial score (nSPS) is 13.9. The van der Waals surface area contributed by atoms with Crippen LogP contribution < -0.4 is 11.1 Å². The van der Waals surface area contributed by atoms with E-state index in [1.807, 2.05) is 11.6 Å². The summed E-state index contributed by atoms with van der Waals surface area (Å²) >= 11 is 2.61. The molecule has 0 saturated heterocycles. The van der Waals surface area contributed by atoms with E-state index in [2.05, 4.69) is 34.5 Å². The number of nitrogens with one attached hydrogen (secondary N) is 1. The van der Waals surface area contributed by atoms with Crippen LogP contribution in [0, 0.1) is 0 Å². The number of carbonyl (C=O) groups excluding carboxylic acids is 1. The highest BCUT2D eigenvalue weighted by molar-refractivity contribution is 8.02. The average Bonchev–Trinajstić information content (AvgIpc) is 3.07. The van der Waals surface area contributed by atoms with Crippen LogP contribution in [0.2, 0.25) is 0 Å². The van der Waals surface area contributed by atoms with E-state index in [4.69, 9.17) is 5.73 Å². The van der Waals surface area contributed by atoms with E-state index in [1.165, 1.54) is 23.1 Å². The summed E-state index contributed by atoms with van der Waals surface area (Å²) in [4.78, 5) is 12.2. The fourth-order valence-corrected chi connectivity index (χ4v) is 3.42. The van der Waals surface area contributed by atoms with Gasteiger partial charge < -0.3 is 11.1 Å². The molecule has 21 heavy (non-hydrogen) atoms. The van der Waals surface area contributed by atoms with Crippen molar-refractivity contribution in [3.05, 3.63) is 12.3 Å². The number of thioether (sulfide) groups is 1. The van der Waals surface area contributed by atoms with E-state index < -0.39 is 0 Å². The Bertz CT molecular complexity index is 610. The first-order chi connectivity index (χ1) is 10.0. The molecular formula is C12H18N6OS2. The topological polar surface area (TPSA) is 98.7 Å². The number of hydrogen-bond donors (Lipinski definition) is 2. The Labute approximate surface area is 131 Å². The van der Waals surface area contributed by atoms with Gasteiger partial charge in [-0.15, -0.1) is 10.2 Å². The third-order valence-electron chi connectivity index (χ3n) is 3.00. The lowest BCUT2D eigenvalue weighted by Crippen LogP contribution is -2.24. The summed E-state index contributed by atoms with van der Waals surface area (Å²) in [5.74, 6) is 0.609. The molecule has 0 aliphatic carbocycles. The maximum absolute atomic E-state index is 12.2. The lowest BCUT2D eigenvalue weighted by Gasteiger charge is -2.15. The summed E-state index contributed by atoms with van der Waals surface area (Å²) in [5.41, 5.74) is 5.53. The molecule has 0 aliphatic heterocycles. The van der Waals surface area contributed by atoms with Gasteiger partial charge in [0.1, 0.15) is 5.82 Å². The number of carbonyl (C=O) groups is 1. The minimum Gasteiger partial charge on any atom is -0.374 e. The predicted octanol–water partition coefficient (Wildman–Crippen LogP) is 2.41. The van der Waals surface area contributed by atoms with Crippen LogP contribution in [-0.4, -0.2) is 31.1 Å². The second kappa shape index (κ2) is 6.90. The molecule has 0 unspecified atom stereocenters. The SMILES string of the molecule is CC[C@H](C)n1nccc1NC(=O)[C@@H](C)Sc1nnc(N)s1. The van der Waals surface area contributed by atoms with Crippen molar-refractivity contribution in [3.8, 4) is 0 Å². The van der Waals surface area contributed by atoms with E-state index in [-0.39, 0.29) is 17.2 Å².